The minimum Gasteiger partial charge on any atom is -0.394 e. The number of carbonyl (C=O) groups is 1. The monoisotopic (exact) mass is 346 g/mol. The molecule has 1 saturated carbocycles. The topological polar surface area (TPSA) is 117 Å². The second-order valence-electron chi connectivity index (χ2n) is 6.54. The number of aromatic amines is 1. The van der Waals surface area contributed by atoms with Gasteiger partial charge < -0.3 is 10.4 Å². The number of hydrogen-bond donors (Lipinski definition) is 3. The number of hydrogen-bond acceptors (Lipinski definition) is 5. The van der Waals surface area contributed by atoms with E-state index in [1.807, 2.05) is 6.92 Å². The van der Waals surface area contributed by atoms with Crippen LogP contribution in [0.1, 0.15) is 55.1 Å². The van der Waals surface area contributed by atoms with Gasteiger partial charge in [0.2, 0.25) is 0 Å². The molecule has 2 heterocycles. The highest BCUT2D eigenvalue weighted by Gasteiger charge is 2.28. The molecule has 0 radical (unpaired) electrons. The van der Waals surface area contributed by atoms with Gasteiger partial charge in [-0.3, -0.25) is 19.1 Å². The van der Waals surface area contributed by atoms with Crippen molar-refractivity contribution >= 4 is 16.9 Å². The maximum Gasteiger partial charge on any atom is 0.329 e. The van der Waals surface area contributed by atoms with Gasteiger partial charge >= 0.3 is 5.69 Å². The number of pyridine rings is 1. The minimum atomic E-state index is -0.621. The third-order valence-electron chi connectivity index (χ3n) is 4.31. The molecule has 0 saturated heterocycles. The van der Waals surface area contributed by atoms with Gasteiger partial charge in [0.25, 0.3) is 11.5 Å². The number of nitrogens with zero attached hydrogens (tertiary/aromatic N) is 2. The van der Waals surface area contributed by atoms with E-state index in [2.05, 4.69) is 15.3 Å². The summed E-state index contributed by atoms with van der Waals surface area (Å²) in [5, 5.41) is 11.9. The summed E-state index contributed by atoms with van der Waals surface area (Å²) in [4.78, 5) is 44.0. The number of amides is 1. The number of aliphatic hydroxyl groups excluding tert-OH is 1. The lowest BCUT2D eigenvalue weighted by Gasteiger charge is -2.15. The van der Waals surface area contributed by atoms with Crippen molar-refractivity contribution in [3.63, 3.8) is 0 Å². The third kappa shape index (κ3) is 3.34. The smallest absolute Gasteiger partial charge is 0.329 e. The SMILES string of the molecule is CCCn1c(=O)[nH]c(=O)c2c(C(=O)NC(C)CO)cc(C3CC3)nc21. The highest BCUT2D eigenvalue weighted by atomic mass is 16.3. The van der Waals surface area contributed by atoms with Crippen LogP contribution in [0.2, 0.25) is 0 Å². The lowest BCUT2D eigenvalue weighted by molar-refractivity contribution is 0.0923. The van der Waals surface area contributed by atoms with Crippen LogP contribution in [0.5, 0.6) is 0 Å². The zero-order valence-corrected chi connectivity index (χ0v) is 14.3. The zero-order chi connectivity index (χ0) is 18.1. The first-order chi connectivity index (χ1) is 12.0. The number of carbonyl (C=O) groups excluding carboxylic acids is 1. The zero-order valence-electron chi connectivity index (χ0n) is 14.3. The van der Waals surface area contributed by atoms with E-state index < -0.39 is 23.2 Å². The molecule has 1 unspecified atom stereocenters. The van der Waals surface area contributed by atoms with Gasteiger partial charge in [-0.2, -0.15) is 0 Å². The molecule has 1 fully saturated rings. The lowest BCUT2D eigenvalue weighted by Crippen LogP contribution is -2.37. The molecular weight excluding hydrogens is 324 g/mol. The van der Waals surface area contributed by atoms with Crippen molar-refractivity contribution in [1.29, 1.82) is 0 Å². The molecule has 2 aromatic heterocycles. The van der Waals surface area contributed by atoms with Crippen LogP contribution in [0, 0.1) is 0 Å². The average molecular weight is 346 g/mol. The summed E-state index contributed by atoms with van der Waals surface area (Å²) < 4.78 is 1.41. The van der Waals surface area contributed by atoms with Crippen molar-refractivity contribution in [3.05, 3.63) is 38.2 Å². The van der Waals surface area contributed by atoms with Gasteiger partial charge in [0.15, 0.2) is 5.65 Å². The maximum absolute atomic E-state index is 12.6. The number of rotatable bonds is 6. The standard InChI is InChI=1S/C17H22N4O4/c1-3-6-21-14-13(16(24)20-17(21)25)11(15(23)18-9(2)8-22)7-12(19-14)10-4-5-10/h7,9-10,22H,3-6,8H2,1-2H3,(H,18,23)(H,20,24,25). The molecule has 0 spiro atoms. The Kier molecular flexibility index (Phi) is 4.71. The first-order valence-electron chi connectivity index (χ1n) is 8.55. The van der Waals surface area contributed by atoms with Crippen molar-refractivity contribution in [2.24, 2.45) is 0 Å². The van der Waals surface area contributed by atoms with E-state index in [0.717, 1.165) is 18.5 Å². The Bertz CT molecular complexity index is 927. The van der Waals surface area contributed by atoms with E-state index in [1.54, 1.807) is 13.0 Å². The van der Waals surface area contributed by atoms with Crippen LogP contribution in [0.3, 0.4) is 0 Å². The summed E-state index contributed by atoms with van der Waals surface area (Å²) >= 11 is 0. The van der Waals surface area contributed by atoms with Gasteiger partial charge in [-0.25, -0.2) is 9.78 Å². The molecule has 1 amide bonds. The van der Waals surface area contributed by atoms with Crippen molar-refractivity contribution in [3.8, 4) is 0 Å². The van der Waals surface area contributed by atoms with E-state index in [1.165, 1.54) is 4.57 Å². The van der Waals surface area contributed by atoms with E-state index in [9.17, 15) is 14.4 Å². The molecule has 1 aliphatic carbocycles. The molecule has 1 aliphatic rings. The van der Waals surface area contributed by atoms with Gasteiger partial charge in [-0.05, 0) is 32.3 Å². The van der Waals surface area contributed by atoms with Crippen molar-refractivity contribution < 1.29 is 9.90 Å². The highest BCUT2D eigenvalue weighted by Crippen LogP contribution is 2.39. The molecule has 3 rings (SSSR count). The van der Waals surface area contributed by atoms with Gasteiger partial charge in [-0.15, -0.1) is 0 Å². The highest BCUT2D eigenvalue weighted by molar-refractivity contribution is 6.05. The Hall–Kier alpha value is -2.48. The van der Waals surface area contributed by atoms with E-state index >= 15 is 0 Å². The summed E-state index contributed by atoms with van der Waals surface area (Å²) in [5.74, 6) is -0.196. The second-order valence-corrected chi connectivity index (χ2v) is 6.54. The number of aliphatic hydroxyl groups is 1. The number of H-pyrrole nitrogens is 1. The number of nitrogens with one attached hydrogen (secondary N) is 2. The molecule has 8 nitrogen and oxygen atoms in total. The Morgan fingerprint density at radius 3 is 2.80 bits per heavy atom. The average Bonchev–Trinajstić information content (AvgIpc) is 3.42. The van der Waals surface area contributed by atoms with Crippen molar-refractivity contribution in [1.82, 2.24) is 19.9 Å². The van der Waals surface area contributed by atoms with Crippen LogP contribution in [-0.4, -0.2) is 38.2 Å². The largest absolute Gasteiger partial charge is 0.394 e. The van der Waals surface area contributed by atoms with Crippen LogP contribution in [0.25, 0.3) is 11.0 Å². The molecule has 8 heteroatoms. The number of fused-ring (bicyclic) bond motifs is 1. The van der Waals surface area contributed by atoms with E-state index in [-0.39, 0.29) is 29.1 Å². The summed E-state index contributed by atoms with van der Waals surface area (Å²) in [5.41, 5.74) is 0.0307. The van der Waals surface area contributed by atoms with Crippen molar-refractivity contribution in [2.75, 3.05) is 6.61 Å². The van der Waals surface area contributed by atoms with Crippen LogP contribution in [0.4, 0.5) is 0 Å². The maximum atomic E-state index is 12.6. The summed E-state index contributed by atoms with van der Waals surface area (Å²) in [6.45, 7) is 3.79. The molecule has 1 atom stereocenters. The number of aryl methyl sites for hydroxylation is 1. The second kappa shape index (κ2) is 6.79. The van der Waals surface area contributed by atoms with Gasteiger partial charge in [0, 0.05) is 24.2 Å². The van der Waals surface area contributed by atoms with Crippen molar-refractivity contribution in [2.45, 2.75) is 51.6 Å². The van der Waals surface area contributed by atoms with Gasteiger partial charge in [0.1, 0.15) is 0 Å². The molecule has 2 aromatic rings. The molecule has 0 aliphatic heterocycles. The van der Waals surface area contributed by atoms with E-state index in [4.69, 9.17) is 5.11 Å². The molecule has 25 heavy (non-hydrogen) atoms. The molecule has 3 N–H and O–H groups in total. The van der Waals surface area contributed by atoms with Crippen LogP contribution in [0.15, 0.2) is 15.7 Å². The fourth-order valence-corrected chi connectivity index (χ4v) is 2.84. The molecular formula is C17H22N4O4. The minimum absolute atomic E-state index is 0.111. The fourth-order valence-electron chi connectivity index (χ4n) is 2.84. The van der Waals surface area contributed by atoms with Gasteiger partial charge in [0.05, 0.1) is 17.6 Å². The Labute approximate surface area is 143 Å². The summed E-state index contributed by atoms with van der Waals surface area (Å²) in [6.07, 6.45) is 2.65. The number of aromatic nitrogens is 3. The summed E-state index contributed by atoms with van der Waals surface area (Å²) in [7, 11) is 0. The molecule has 0 bridgehead atoms. The first-order valence-corrected chi connectivity index (χ1v) is 8.55. The quantitative estimate of drug-likeness (QED) is 0.703. The molecule has 134 valence electrons. The summed E-state index contributed by atoms with van der Waals surface area (Å²) in [6, 6.07) is 1.19. The van der Waals surface area contributed by atoms with Crippen LogP contribution < -0.4 is 16.6 Å². The predicted molar refractivity (Wildman–Crippen MR) is 92.9 cm³/mol. The Morgan fingerprint density at radius 1 is 1.48 bits per heavy atom. The predicted octanol–water partition coefficient (Wildman–Crippen LogP) is 0.483. The fraction of sp³-hybridized carbons (Fsp3) is 0.529. The van der Waals surface area contributed by atoms with Crippen LogP contribution in [-0.2, 0) is 6.54 Å². The normalized spacial score (nSPS) is 15.3. The Morgan fingerprint density at radius 2 is 2.20 bits per heavy atom. The molecule has 0 aromatic carbocycles. The first kappa shape index (κ1) is 17.3. The van der Waals surface area contributed by atoms with Crippen LogP contribution >= 0.6 is 0 Å². The van der Waals surface area contributed by atoms with Gasteiger partial charge in [-0.1, -0.05) is 6.92 Å². The van der Waals surface area contributed by atoms with E-state index in [0.29, 0.717) is 13.0 Å². The Balaban J connectivity index is 2.27. The third-order valence-corrected chi connectivity index (χ3v) is 4.31. The lowest BCUT2D eigenvalue weighted by atomic mass is 10.1.